The quantitative estimate of drug-likeness (QED) is 0.775. The molecule has 0 bridgehead atoms. The largest absolute Gasteiger partial charge is 0.444 e. The van der Waals surface area contributed by atoms with Gasteiger partial charge in [0.1, 0.15) is 5.60 Å². The Labute approximate surface area is 174 Å². The number of alkyl halides is 3. The van der Waals surface area contributed by atoms with Gasteiger partial charge in [0, 0.05) is 18.5 Å². The minimum absolute atomic E-state index is 0.0903. The first-order chi connectivity index (χ1) is 13.8. The van der Waals surface area contributed by atoms with Gasteiger partial charge < -0.3 is 20.1 Å². The molecule has 0 aromatic heterocycles. The van der Waals surface area contributed by atoms with Gasteiger partial charge in [-0.15, -0.1) is 0 Å². The van der Waals surface area contributed by atoms with E-state index in [0.29, 0.717) is 5.41 Å². The lowest BCUT2D eigenvalue weighted by Crippen LogP contribution is -2.52. The Morgan fingerprint density at radius 1 is 1.13 bits per heavy atom. The summed E-state index contributed by atoms with van der Waals surface area (Å²) in [5.74, 6) is -0.776. The first-order valence-corrected chi connectivity index (χ1v) is 9.80. The first-order valence-electron chi connectivity index (χ1n) is 9.80. The molecule has 2 aliphatic heterocycles. The van der Waals surface area contributed by atoms with E-state index in [4.69, 9.17) is 15.2 Å². The molecule has 2 amide bonds. The molecule has 30 heavy (non-hydrogen) atoms. The van der Waals surface area contributed by atoms with Gasteiger partial charge in [-0.1, -0.05) is 18.2 Å². The summed E-state index contributed by atoms with van der Waals surface area (Å²) in [7, 11) is 0. The number of ether oxygens (including phenoxy) is 2. The smallest absolute Gasteiger partial charge is 0.416 e. The zero-order valence-corrected chi connectivity index (χ0v) is 17.6. The number of hydrogen-bond donors (Lipinski definition) is 1. The molecule has 1 spiro atoms. The Bertz CT molecular complexity index is 745. The van der Waals surface area contributed by atoms with E-state index < -0.39 is 29.7 Å². The molecule has 0 radical (unpaired) electrons. The van der Waals surface area contributed by atoms with Gasteiger partial charge >= 0.3 is 12.3 Å². The van der Waals surface area contributed by atoms with Crippen LogP contribution in [0.4, 0.5) is 18.0 Å². The van der Waals surface area contributed by atoms with Crippen molar-refractivity contribution in [2.45, 2.75) is 51.8 Å². The molecular weight excluding hydrogens is 401 g/mol. The summed E-state index contributed by atoms with van der Waals surface area (Å²) in [5, 5.41) is 0. The van der Waals surface area contributed by atoms with E-state index in [9.17, 15) is 22.8 Å². The average molecular weight is 430 g/mol. The summed E-state index contributed by atoms with van der Waals surface area (Å²) in [6, 6.07) is 4.88. The molecule has 6 nitrogen and oxygen atoms in total. The lowest BCUT2D eigenvalue weighted by atomic mass is 9.77. The number of hydrogen-bond acceptors (Lipinski definition) is 4. The molecule has 0 saturated carbocycles. The van der Waals surface area contributed by atoms with Crippen LogP contribution in [0.15, 0.2) is 24.3 Å². The molecule has 2 saturated heterocycles. The van der Waals surface area contributed by atoms with Gasteiger partial charge in [0.05, 0.1) is 25.2 Å². The highest BCUT2D eigenvalue weighted by Crippen LogP contribution is 2.38. The normalized spacial score (nSPS) is 18.1. The number of carbonyl (C=O) groups is 2. The van der Waals surface area contributed by atoms with Gasteiger partial charge in [0.15, 0.2) is 0 Å². The van der Waals surface area contributed by atoms with Gasteiger partial charge in [-0.25, -0.2) is 4.79 Å². The Morgan fingerprint density at radius 3 is 2.13 bits per heavy atom. The predicted molar refractivity (Wildman–Crippen MR) is 105 cm³/mol. The lowest BCUT2D eigenvalue weighted by molar-refractivity contribution is -0.138. The molecule has 3 rings (SSSR count). The fourth-order valence-electron chi connectivity index (χ4n) is 3.31. The van der Waals surface area contributed by atoms with E-state index in [1.807, 2.05) is 25.7 Å². The third kappa shape index (κ3) is 6.90. The summed E-state index contributed by atoms with van der Waals surface area (Å²) >= 11 is 0. The maximum absolute atomic E-state index is 12.3. The van der Waals surface area contributed by atoms with Crippen molar-refractivity contribution in [3.63, 3.8) is 0 Å². The maximum atomic E-state index is 12.3. The van der Waals surface area contributed by atoms with E-state index in [-0.39, 0.29) is 11.7 Å². The number of rotatable bonds is 2. The van der Waals surface area contributed by atoms with Crippen LogP contribution in [0, 0.1) is 5.41 Å². The number of nitrogens with two attached hydrogens (primary N) is 1. The molecule has 1 aromatic rings. The second-order valence-electron chi connectivity index (χ2n) is 8.76. The van der Waals surface area contributed by atoms with Crippen LogP contribution in [0.25, 0.3) is 0 Å². The van der Waals surface area contributed by atoms with Crippen molar-refractivity contribution in [3.05, 3.63) is 35.4 Å². The molecule has 9 heteroatoms. The molecular formula is C21H29F3N2O4. The Kier molecular flexibility index (Phi) is 7.39. The van der Waals surface area contributed by atoms with E-state index in [1.165, 1.54) is 18.2 Å². The van der Waals surface area contributed by atoms with Crippen molar-refractivity contribution in [3.8, 4) is 0 Å². The topological polar surface area (TPSA) is 81.9 Å². The van der Waals surface area contributed by atoms with E-state index in [1.54, 1.807) is 0 Å². The maximum Gasteiger partial charge on any atom is 0.416 e. The van der Waals surface area contributed by atoms with Crippen LogP contribution in [-0.4, -0.2) is 48.8 Å². The number of halogens is 3. The molecule has 0 atom stereocenters. The van der Waals surface area contributed by atoms with Crippen molar-refractivity contribution in [2.24, 2.45) is 11.1 Å². The van der Waals surface area contributed by atoms with E-state index in [0.717, 1.165) is 45.2 Å². The number of nitrogens with zero attached hydrogens (tertiary/aromatic N) is 1. The number of amides is 2. The average Bonchev–Trinajstić information content (AvgIpc) is 2.58. The van der Waals surface area contributed by atoms with Gasteiger partial charge in [-0.05, 0) is 45.2 Å². The molecule has 2 heterocycles. The molecule has 0 aliphatic carbocycles. The third-order valence-electron chi connectivity index (χ3n) is 4.98. The summed E-state index contributed by atoms with van der Waals surface area (Å²) in [6.07, 6.45) is -2.91. The number of likely N-dealkylation sites (tertiary alicyclic amines) is 1. The minimum Gasteiger partial charge on any atom is -0.444 e. The highest BCUT2D eigenvalue weighted by molar-refractivity contribution is 5.77. The number of primary amides is 1. The highest BCUT2D eigenvalue weighted by atomic mass is 19.4. The van der Waals surface area contributed by atoms with Crippen molar-refractivity contribution in [1.82, 2.24) is 4.90 Å². The first kappa shape index (κ1) is 24.0. The van der Waals surface area contributed by atoms with E-state index >= 15 is 0 Å². The van der Waals surface area contributed by atoms with Crippen LogP contribution < -0.4 is 5.73 Å². The zero-order valence-electron chi connectivity index (χ0n) is 17.6. The standard InChI is InChI=1S/C12H21NO3.C9H8F3NO/c1-11(2,3)16-10(14)13-6-4-12(5-7-13)8-15-9-12;10-9(11,12)7-4-2-1-3-6(7)5-8(13)14/h4-9H2,1-3H3;1-4H,5H2,(H2,13,14). The number of benzene rings is 1. The molecule has 168 valence electrons. The summed E-state index contributed by atoms with van der Waals surface area (Å²) in [5.41, 5.74) is 3.91. The lowest BCUT2D eigenvalue weighted by Gasteiger charge is -2.47. The summed E-state index contributed by atoms with van der Waals surface area (Å²) < 4.78 is 47.6. The fourth-order valence-corrected chi connectivity index (χ4v) is 3.31. The molecule has 1 aromatic carbocycles. The van der Waals surface area contributed by atoms with Crippen molar-refractivity contribution in [2.75, 3.05) is 26.3 Å². The van der Waals surface area contributed by atoms with Crippen LogP contribution in [-0.2, 0) is 26.9 Å². The SMILES string of the molecule is CC(C)(C)OC(=O)N1CCC2(CC1)COC2.NC(=O)Cc1ccccc1C(F)(F)F. The van der Waals surface area contributed by atoms with Gasteiger partial charge in [-0.3, -0.25) is 4.79 Å². The Hall–Kier alpha value is -2.29. The monoisotopic (exact) mass is 430 g/mol. The van der Waals surface area contributed by atoms with Crippen LogP contribution in [0.5, 0.6) is 0 Å². The molecule has 2 fully saturated rings. The molecule has 2 N–H and O–H groups in total. The van der Waals surface area contributed by atoms with Crippen molar-refractivity contribution >= 4 is 12.0 Å². The van der Waals surface area contributed by atoms with Gasteiger partial charge in [0.25, 0.3) is 0 Å². The van der Waals surface area contributed by atoms with Crippen LogP contribution in [0.2, 0.25) is 0 Å². The van der Waals surface area contributed by atoms with Crippen LogP contribution in [0.3, 0.4) is 0 Å². The Balaban J connectivity index is 0.000000216. The fraction of sp³-hybridized carbons (Fsp3) is 0.619. The second-order valence-corrected chi connectivity index (χ2v) is 8.76. The van der Waals surface area contributed by atoms with Crippen molar-refractivity contribution < 1.29 is 32.2 Å². The Morgan fingerprint density at radius 2 is 1.70 bits per heavy atom. The van der Waals surface area contributed by atoms with Crippen LogP contribution in [0.1, 0.15) is 44.7 Å². The molecule has 2 aliphatic rings. The number of carbonyl (C=O) groups excluding carboxylic acids is 2. The summed E-state index contributed by atoms with van der Waals surface area (Å²) in [4.78, 5) is 24.1. The predicted octanol–water partition coefficient (Wildman–Crippen LogP) is 3.77. The van der Waals surface area contributed by atoms with Gasteiger partial charge in [0.2, 0.25) is 5.91 Å². The summed E-state index contributed by atoms with van der Waals surface area (Å²) in [6.45, 7) is 9.04. The zero-order chi connectivity index (χ0) is 22.6. The third-order valence-corrected chi connectivity index (χ3v) is 4.98. The van der Waals surface area contributed by atoms with E-state index in [2.05, 4.69) is 0 Å². The highest BCUT2D eigenvalue weighted by Gasteiger charge is 2.42. The van der Waals surface area contributed by atoms with Crippen LogP contribution >= 0.6 is 0 Å². The van der Waals surface area contributed by atoms with Gasteiger partial charge in [-0.2, -0.15) is 13.2 Å². The second kappa shape index (κ2) is 9.24. The molecule has 0 unspecified atom stereocenters. The van der Waals surface area contributed by atoms with Crippen molar-refractivity contribution in [1.29, 1.82) is 0 Å². The minimum atomic E-state index is -4.44. The number of piperidine rings is 1.